The van der Waals surface area contributed by atoms with E-state index in [4.69, 9.17) is 4.74 Å². The lowest BCUT2D eigenvalue weighted by Crippen LogP contribution is -2.47. The number of hydrogen-bond donors (Lipinski definition) is 2. The maximum Gasteiger partial charge on any atom is 0.407 e. The van der Waals surface area contributed by atoms with Gasteiger partial charge in [0, 0.05) is 18.1 Å². The molecule has 0 saturated carbocycles. The summed E-state index contributed by atoms with van der Waals surface area (Å²) in [5.74, 6) is 0.358. The monoisotopic (exact) mass is 375 g/mol. The average molecular weight is 375 g/mol. The molecule has 0 unspecified atom stereocenters. The van der Waals surface area contributed by atoms with Crippen LogP contribution in [0.15, 0.2) is 53.9 Å². The summed E-state index contributed by atoms with van der Waals surface area (Å²) in [5, 5.41) is 14.0. The number of ether oxygens (including phenoxy) is 1. The Kier molecular flexibility index (Phi) is 7.41. The quantitative estimate of drug-likeness (QED) is 0.571. The minimum absolute atomic E-state index is 0.358. The Labute approximate surface area is 158 Å². The zero-order chi connectivity index (χ0) is 19.0. The summed E-state index contributed by atoms with van der Waals surface area (Å²) < 4.78 is 5.33. The molecule has 1 heterocycles. The van der Waals surface area contributed by atoms with Gasteiger partial charge < -0.3 is 15.2 Å². The summed E-state index contributed by atoms with van der Waals surface area (Å²) in [6.45, 7) is 5.41. The van der Waals surface area contributed by atoms with Gasteiger partial charge in [-0.2, -0.15) is 0 Å². The van der Waals surface area contributed by atoms with Crippen molar-refractivity contribution in [1.29, 1.82) is 0 Å². The molecule has 0 spiro atoms. The maximum atomic E-state index is 12.2. The van der Waals surface area contributed by atoms with Gasteiger partial charge in [0.2, 0.25) is 0 Å². The van der Waals surface area contributed by atoms with Crippen molar-refractivity contribution in [3.63, 3.8) is 0 Å². The number of aliphatic hydroxyl groups is 1. The van der Waals surface area contributed by atoms with Crippen molar-refractivity contribution in [3.8, 4) is 0 Å². The highest BCUT2D eigenvalue weighted by atomic mass is 32.2. The predicted molar refractivity (Wildman–Crippen MR) is 102 cm³/mol. The van der Waals surface area contributed by atoms with Crippen molar-refractivity contribution in [2.75, 3.05) is 5.75 Å². The van der Waals surface area contributed by atoms with Crippen LogP contribution in [0.3, 0.4) is 0 Å². The number of benzene rings is 1. The molecule has 6 nitrogen and oxygen atoms in total. The first-order valence-corrected chi connectivity index (χ1v) is 9.43. The first-order chi connectivity index (χ1) is 12.3. The Morgan fingerprint density at radius 3 is 2.46 bits per heavy atom. The van der Waals surface area contributed by atoms with Crippen molar-refractivity contribution in [2.45, 2.75) is 50.1 Å². The minimum atomic E-state index is -0.781. The van der Waals surface area contributed by atoms with Gasteiger partial charge in [-0.1, -0.05) is 42.1 Å². The Hall–Kier alpha value is -2.12. The highest BCUT2D eigenvalue weighted by Crippen LogP contribution is 2.17. The van der Waals surface area contributed by atoms with Crippen LogP contribution in [0, 0.1) is 0 Å². The van der Waals surface area contributed by atoms with Gasteiger partial charge in [0.25, 0.3) is 0 Å². The van der Waals surface area contributed by atoms with E-state index in [-0.39, 0.29) is 0 Å². The number of alkyl carbamates (subject to hydrolysis) is 1. The van der Waals surface area contributed by atoms with E-state index < -0.39 is 23.8 Å². The largest absolute Gasteiger partial charge is 0.444 e. The van der Waals surface area contributed by atoms with Crippen LogP contribution in [0.4, 0.5) is 4.79 Å². The number of rotatable bonds is 7. The zero-order valence-electron chi connectivity index (χ0n) is 15.3. The molecule has 0 fully saturated rings. The summed E-state index contributed by atoms with van der Waals surface area (Å²) in [5.41, 5.74) is 0.424. The zero-order valence-corrected chi connectivity index (χ0v) is 16.1. The van der Waals surface area contributed by atoms with E-state index in [9.17, 15) is 9.90 Å². The van der Waals surface area contributed by atoms with Gasteiger partial charge in [0.1, 0.15) is 5.60 Å². The number of aliphatic hydroxyl groups excluding tert-OH is 1. The molecule has 0 aliphatic rings. The standard InChI is InChI=1S/C19H25N3O3S/c1-19(2,3)25-18(24)22-15(12-14-8-5-4-6-9-14)16(23)13-26-17-20-10-7-11-21-17/h4-11,15-16,23H,12-13H2,1-3H3,(H,22,24)/t15-,16+/m0/s1. The van der Waals surface area contributed by atoms with E-state index in [1.54, 1.807) is 39.2 Å². The van der Waals surface area contributed by atoms with Gasteiger partial charge >= 0.3 is 6.09 Å². The topological polar surface area (TPSA) is 84.3 Å². The molecule has 1 amide bonds. The molecule has 7 heteroatoms. The van der Waals surface area contributed by atoms with E-state index in [1.165, 1.54) is 11.8 Å². The van der Waals surface area contributed by atoms with E-state index in [1.807, 2.05) is 30.3 Å². The van der Waals surface area contributed by atoms with Gasteiger partial charge in [-0.3, -0.25) is 0 Å². The van der Waals surface area contributed by atoms with Crippen molar-refractivity contribution in [1.82, 2.24) is 15.3 Å². The predicted octanol–water partition coefficient (Wildman–Crippen LogP) is 3.07. The number of carbonyl (C=O) groups is 1. The van der Waals surface area contributed by atoms with Crippen molar-refractivity contribution < 1.29 is 14.6 Å². The third-order valence-electron chi connectivity index (χ3n) is 3.39. The number of nitrogens with zero attached hydrogens (tertiary/aromatic N) is 2. The number of amides is 1. The Morgan fingerprint density at radius 2 is 1.85 bits per heavy atom. The second-order valence-corrected chi connectivity index (χ2v) is 7.84. The molecule has 2 N–H and O–H groups in total. The van der Waals surface area contributed by atoms with Crippen LogP contribution in [0.1, 0.15) is 26.3 Å². The second kappa shape index (κ2) is 9.54. The Morgan fingerprint density at radius 1 is 1.19 bits per heavy atom. The molecule has 0 bridgehead atoms. The molecule has 0 saturated heterocycles. The van der Waals surface area contributed by atoms with Crippen LogP contribution < -0.4 is 5.32 Å². The van der Waals surface area contributed by atoms with Crippen LogP contribution in [-0.2, 0) is 11.2 Å². The molecule has 1 aromatic carbocycles. The Bertz CT molecular complexity index is 677. The summed E-state index contributed by atoms with van der Waals surface area (Å²) >= 11 is 1.34. The van der Waals surface area contributed by atoms with Crippen LogP contribution in [-0.4, -0.2) is 44.7 Å². The SMILES string of the molecule is CC(C)(C)OC(=O)N[C@@H](Cc1ccccc1)[C@H](O)CSc1ncccn1. The van der Waals surface area contributed by atoms with E-state index in [0.717, 1.165) is 5.56 Å². The summed E-state index contributed by atoms with van der Waals surface area (Å²) in [4.78, 5) is 20.4. The number of nitrogens with one attached hydrogen (secondary N) is 1. The number of carbonyl (C=O) groups excluding carboxylic acids is 1. The third kappa shape index (κ3) is 7.41. The number of thioether (sulfide) groups is 1. The molecule has 0 aliphatic heterocycles. The molecule has 2 aromatic rings. The molecule has 1 aromatic heterocycles. The molecule has 2 rings (SSSR count). The van der Waals surface area contributed by atoms with Crippen molar-refractivity contribution >= 4 is 17.9 Å². The fourth-order valence-electron chi connectivity index (χ4n) is 2.25. The van der Waals surface area contributed by atoms with Gasteiger partial charge in [-0.25, -0.2) is 14.8 Å². The van der Waals surface area contributed by atoms with Crippen molar-refractivity contribution in [2.24, 2.45) is 0 Å². The summed E-state index contributed by atoms with van der Waals surface area (Å²) in [6.07, 6.45) is 2.48. The van der Waals surface area contributed by atoms with Crippen LogP contribution in [0.25, 0.3) is 0 Å². The molecule has 2 atom stereocenters. The van der Waals surface area contributed by atoms with E-state index in [0.29, 0.717) is 17.3 Å². The number of aromatic nitrogens is 2. The number of hydrogen-bond acceptors (Lipinski definition) is 6. The maximum absolute atomic E-state index is 12.2. The van der Waals surface area contributed by atoms with E-state index in [2.05, 4.69) is 15.3 Å². The van der Waals surface area contributed by atoms with Crippen molar-refractivity contribution in [3.05, 3.63) is 54.4 Å². The molecular formula is C19H25N3O3S. The molecule has 0 aliphatic carbocycles. The molecule has 140 valence electrons. The van der Waals surface area contributed by atoms with Crippen LogP contribution >= 0.6 is 11.8 Å². The summed E-state index contributed by atoms with van der Waals surface area (Å²) in [6, 6.07) is 11.0. The van der Waals surface area contributed by atoms with Gasteiger partial charge in [0.15, 0.2) is 5.16 Å². The third-order valence-corrected chi connectivity index (χ3v) is 4.37. The lowest BCUT2D eigenvalue weighted by Gasteiger charge is -2.26. The highest BCUT2D eigenvalue weighted by Gasteiger charge is 2.25. The molecule has 0 radical (unpaired) electrons. The smallest absolute Gasteiger partial charge is 0.407 e. The second-order valence-electron chi connectivity index (χ2n) is 6.85. The highest BCUT2D eigenvalue weighted by molar-refractivity contribution is 7.99. The van der Waals surface area contributed by atoms with Gasteiger partial charge in [-0.15, -0.1) is 0 Å². The molecular weight excluding hydrogens is 350 g/mol. The van der Waals surface area contributed by atoms with Gasteiger partial charge in [0.05, 0.1) is 12.1 Å². The average Bonchev–Trinajstić information content (AvgIpc) is 2.59. The first-order valence-electron chi connectivity index (χ1n) is 8.45. The first kappa shape index (κ1) is 20.2. The Balaban J connectivity index is 2.02. The van der Waals surface area contributed by atoms with Gasteiger partial charge in [-0.05, 0) is 38.8 Å². The fraction of sp³-hybridized carbons (Fsp3) is 0.421. The minimum Gasteiger partial charge on any atom is -0.444 e. The molecule has 26 heavy (non-hydrogen) atoms. The fourth-order valence-corrected chi connectivity index (χ4v) is 3.07. The summed E-state index contributed by atoms with van der Waals surface area (Å²) in [7, 11) is 0. The normalized spacial score (nSPS) is 13.7. The van der Waals surface area contributed by atoms with Crippen LogP contribution in [0.2, 0.25) is 0 Å². The van der Waals surface area contributed by atoms with E-state index >= 15 is 0 Å². The lowest BCUT2D eigenvalue weighted by atomic mass is 10.0. The lowest BCUT2D eigenvalue weighted by molar-refractivity contribution is 0.0441. The van der Waals surface area contributed by atoms with Crippen LogP contribution in [0.5, 0.6) is 0 Å².